The Balaban J connectivity index is 1.59. The van der Waals surface area contributed by atoms with E-state index in [2.05, 4.69) is 83.5 Å². The lowest BCUT2D eigenvalue weighted by Crippen LogP contribution is -2.48. The van der Waals surface area contributed by atoms with Gasteiger partial charge in [-0.2, -0.15) is 0 Å². The molecule has 160 valence electrons. The first kappa shape index (κ1) is 21.2. The molecule has 5 atom stereocenters. The van der Waals surface area contributed by atoms with Crippen LogP contribution in [0.25, 0.3) is 0 Å². The predicted molar refractivity (Wildman–Crippen MR) is 127 cm³/mol. The molecule has 4 heteroatoms. The van der Waals surface area contributed by atoms with E-state index in [1.165, 1.54) is 37.0 Å². The average molecular weight is 429 g/mol. The fourth-order valence-electron chi connectivity index (χ4n) is 6.38. The monoisotopic (exact) mass is 428 g/mol. The Labute approximate surface area is 180 Å². The Kier molecular flexibility index (Phi) is 4.94. The van der Waals surface area contributed by atoms with Crippen LogP contribution in [-0.2, 0) is 8.85 Å². The maximum atomic E-state index is 6.59. The number of hydrogen-bond acceptors (Lipinski definition) is 2. The topological polar surface area (TPSA) is 18.5 Å². The fraction of sp³-hybridized carbons (Fsp3) is 0.680. The van der Waals surface area contributed by atoms with Crippen LogP contribution in [0, 0.1) is 28.6 Å². The normalized spacial score (nSPS) is 38.9. The molecule has 4 rings (SSSR count). The van der Waals surface area contributed by atoms with Crippen molar-refractivity contribution in [1.29, 1.82) is 0 Å². The minimum atomic E-state index is -1.58. The molecule has 0 aromatic rings. The molecule has 1 saturated carbocycles. The van der Waals surface area contributed by atoms with Crippen molar-refractivity contribution in [2.75, 3.05) is 0 Å². The molecule has 0 saturated heterocycles. The van der Waals surface area contributed by atoms with Gasteiger partial charge in [0.25, 0.3) is 0 Å². The summed E-state index contributed by atoms with van der Waals surface area (Å²) in [6.07, 6.45) is 17.0. The third-order valence-corrected chi connectivity index (χ3v) is 9.36. The Hall–Kier alpha value is -1.01. The van der Waals surface area contributed by atoms with E-state index >= 15 is 0 Å². The molecular weight excluding hydrogens is 388 g/mol. The van der Waals surface area contributed by atoms with Crippen LogP contribution in [0.1, 0.15) is 39.5 Å². The zero-order chi connectivity index (χ0) is 21.2. The van der Waals surface area contributed by atoms with Crippen molar-refractivity contribution in [3.8, 4) is 0 Å². The van der Waals surface area contributed by atoms with E-state index < -0.39 is 16.6 Å². The van der Waals surface area contributed by atoms with Crippen molar-refractivity contribution in [3.05, 3.63) is 47.5 Å². The van der Waals surface area contributed by atoms with Gasteiger partial charge >= 0.3 is 0 Å². The predicted octanol–water partition coefficient (Wildman–Crippen LogP) is 7.42. The van der Waals surface area contributed by atoms with Crippen LogP contribution in [0.2, 0.25) is 39.3 Å². The molecule has 5 unspecified atom stereocenters. The first-order chi connectivity index (χ1) is 13.3. The summed E-state index contributed by atoms with van der Waals surface area (Å²) in [6, 6.07) is 0. The highest BCUT2D eigenvalue weighted by Gasteiger charge is 2.56. The third-order valence-electron chi connectivity index (χ3n) is 7.68. The summed E-state index contributed by atoms with van der Waals surface area (Å²) in [5.41, 5.74) is 1.88. The standard InChI is InChI=1S/C25H40O2Si2/c1-24-15-13-19(26-28(3,4)5)17-18(24)9-10-20-21-11-12-23(27-29(6,7)8)25(21,2)16-14-22(20)24/h9,12-13,15,17,20-22H,10-11,14,16H2,1-8H3. The summed E-state index contributed by atoms with van der Waals surface area (Å²) in [6.45, 7) is 18.7. The summed E-state index contributed by atoms with van der Waals surface area (Å²) in [7, 11) is -3.15. The van der Waals surface area contributed by atoms with Gasteiger partial charge in [-0.05, 0) is 107 Å². The zero-order valence-electron chi connectivity index (χ0n) is 19.8. The maximum absolute atomic E-state index is 6.59. The molecule has 29 heavy (non-hydrogen) atoms. The van der Waals surface area contributed by atoms with Gasteiger partial charge in [0, 0.05) is 10.8 Å². The van der Waals surface area contributed by atoms with Gasteiger partial charge in [0.15, 0.2) is 0 Å². The molecule has 0 N–H and O–H groups in total. The smallest absolute Gasteiger partial charge is 0.242 e. The number of rotatable bonds is 4. The zero-order valence-corrected chi connectivity index (χ0v) is 21.8. The number of allylic oxidation sites excluding steroid dienone is 7. The highest BCUT2D eigenvalue weighted by molar-refractivity contribution is 6.70. The number of fused-ring (bicyclic) bond motifs is 5. The van der Waals surface area contributed by atoms with E-state index in [1.54, 1.807) is 0 Å². The highest BCUT2D eigenvalue weighted by atomic mass is 28.4. The quantitative estimate of drug-likeness (QED) is 0.434. The van der Waals surface area contributed by atoms with Gasteiger partial charge in [-0.25, -0.2) is 0 Å². The van der Waals surface area contributed by atoms with Gasteiger partial charge in [-0.3, -0.25) is 0 Å². The molecule has 0 aliphatic heterocycles. The Bertz CT molecular complexity index is 808. The second-order valence-electron chi connectivity index (χ2n) is 12.1. The Morgan fingerprint density at radius 1 is 0.897 bits per heavy atom. The van der Waals surface area contributed by atoms with E-state index in [-0.39, 0.29) is 10.8 Å². The van der Waals surface area contributed by atoms with Crippen LogP contribution < -0.4 is 0 Å². The van der Waals surface area contributed by atoms with Crippen molar-refractivity contribution >= 4 is 16.6 Å². The second-order valence-corrected chi connectivity index (χ2v) is 21.0. The van der Waals surface area contributed by atoms with Gasteiger partial charge in [-0.15, -0.1) is 0 Å². The fourth-order valence-corrected chi connectivity index (χ4v) is 8.19. The van der Waals surface area contributed by atoms with E-state index in [0.717, 1.165) is 23.5 Å². The lowest BCUT2D eigenvalue weighted by molar-refractivity contribution is -0.00402. The molecule has 0 bridgehead atoms. The number of hydrogen-bond donors (Lipinski definition) is 0. The van der Waals surface area contributed by atoms with Gasteiger partial charge in [0.05, 0.1) is 5.76 Å². The Morgan fingerprint density at radius 3 is 2.24 bits per heavy atom. The van der Waals surface area contributed by atoms with Crippen molar-refractivity contribution in [2.24, 2.45) is 28.6 Å². The lowest BCUT2D eigenvalue weighted by Gasteiger charge is -2.55. The first-order valence-corrected chi connectivity index (χ1v) is 18.3. The van der Waals surface area contributed by atoms with E-state index in [4.69, 9.17) is 8.85 Å². The molecule has 0 amide bonds. The van der Waals surface area contributed by atoms with Crippen LogP contribution in [0.3, 0.4) is 0 Å². The largest absolute Gasteiger partial charge is 0.547 e. The Morgan fingerprint density at radius 2 is 1.59 bits per heavy atom. The summed E-state index contributed by atoms with van der Waals surface area (Å²) in [5, 5.41) is 0. The van der Waals surface area contributed by atoms with Crippen molar-refractivity contribution < 1.29 is 8.85 Å². The molecule has 0 heterocycles. The van der Waals surface area contributed by atoms with Crippen LogP contribution in [0.4, 0.5) is 0 Å². The van der Waals surface area contributed by atoms with Crippen molar-refractivity contribution in [3.63, 3.8) is 0 Å². The maximum Gasteiger partial charge on any atom is 0.242 e. The van der Waals surface area contributed by atoms with Crippen molar-refractivity contribution in [1.82, 2.24) is 0 Å². The average Bonchev–Trinajstić information content (AvgIpc) is 2.89. The highest BCUT2D eigenvalue weighted by Crippen LogP contribution is 2.64. The molecule has 4 aliphatic carbocycles. The molecule has 0 aromatic heterocycles. The van der Waals surface area contributed by atoms with Gasteiger partial charge in [-0.1, -0.05) is 26.0 Å². The minimum absolute atomic E-state index is 0.152. The molecule has 4 aliphatic rings. The summed E-state index contributed by atoms with van der Waals surface area (Å²) in [5.74, 6) is 4.59. The third kappa shape index (κ3) is 3.76. The van der Waals surface area contributed by atoms with Gasteiger partial charge in [0.1, 0.15) is 5.76 Å². The molecular formula is C25H40O2Si2. The minimum Gasteiger partial charge on any atom is -0.547 e. The summed E-state index contributed by atoms with van der Waals surface area (Å²) in [4.78, 5) is 0. The van der Waals surface area contributed by atoms with Crippen LogP contribution in [-0.4, -0.2) is 16.6 Å². The second kappa shape index (κ2) is 6.75. The van der Waals surface area contributed by atoms with E-state index in [0.29, 0.717) is 0 Å². The molecule has 2 nitrogen and oxygen atoms in total. The summed E-state index contributed by atoms with van der Waals surface area (Å²) < 4.78 is 12.9. The van der Waals surface area contributed by atoms with Crippen molar-refractivity contribution in [2.45, 2.75) is 78.8 Å². The summed E-state index contributed by atoms with van der Waals surface area (Å²) >= 11 is 0. The molecule has 0 aromatic carbocycles. The molecule has 0 spiro atoms. The first-order valence-electron chi connectivity index (χ1n) is 11.5. The van der Waals surface area contributed by atoms with Crippen LogP contribution >= 0.6 is 0 Å². The SMILES string of the molecule is CC12C=CC(O[Si](C)(C)C)=CC1=CCC1C2CCC2(C)C(O[Si](C)(C)C)=CCC12. The molecule has 0 radical (unpaired) electrons. The van der Waals surface area contributed by atoms with Gasteiger partial charge in [0.2, 0.25) is 16.6 Å². The lowest BCUT2D eigenvalue weighted by atomic mass is 9.49. The van der Waals surface area contributed by atoms with Gasteiger partial charge < -0.3 is 8.85 Å². The molecule has 1 fully saturated rings. The van der Waals surface area contributed by atoms with E-state index in [1.807, 2.05) is 0 Å². The van der Waals surface area contributed by atoms with Crippen LogP contribution in [0.15, 0.2) is 47.5 Å². The van der Waals surface area contributed by atoms with Crippen LogP contribution in [0.5, 0.6) is 0 Å². The van der Waals surface area contributed by atoms with E-state index in [9.17, 15) is 0 Å².